The van der Waals surface area contributed by atoms with Crippen LogP contribution in [0.1, 0.15) is 65.7 Å². The molecule has 0 N–H and O–H groups in total. The standard InChI is InChI=1S/C19H26BNO6/c1-18(2)11-13(26-17(20)25)7-5-4-6-10-19(3,12-18)16(24)27-21-14(22)8-9-15(21)23/h5,7,13H,4,6,8-12H2,1-3H3/b7-5+. The highest BCUT2D eigenvalue weighted by Crippen LogP contribution is 2.42. The summed E-state index contributed by atoms with van der Waals surface area (Å²) in [5.74, 6) is -2.41. The lowest BCUT2D eigenvalue weighted by Crippen LogP contribution is -2.42. The summed E-state index contributed by atoms with van der Waals surface area (Å²) in [6, 6.07) is 0. The summed E-state index contributed by atoms with van der Waals surface area (Å²) in [7, 11) is 5.15. The van der Waals surface area contributed by atoms with Crippen LogP contribution in [0.4, 0.5) is 4.79 Å². The summed E-state index contributed by atoms with van der Waals surface area (Å²) in [4.78, 5) is 52.8. The summed E-state index contributed by atoms with van der Waals surface area (Å²) in [5, 5.41) is 0.596. The van der Waals surface area contributed by atoms with E-state index in [1.807, 2.05) is 26.0 Å². The molecule has 2 rings (SSSR count). The highest BCUT2D eigenvalue weighted by molar-refractivity contribution is 6.55. The molecule has 2 unspecified atom stereocenters. The zero-order valence-electron chi connectivity index (χ0n) is 16.2. The highest BCUT2D eigenvalue weighted by atomic mass is 16.7. The Labute approximate surface area is 160 Å². The van der Waals surface area contributed by atoms with Crippen molar-refractivity contribution in [2.45, 2.75) is 71.8 Å². The molecule has 0 spiro atoms. The van der Waals surface area contributed by atoms with E-state index in [2.05, 4.69) is 0 Å². The maximum Gasteiger partial charge on any atom is 0.339 e. The van der Waals surface area contributed by atoms with E-state index in [9.17, 15) is 19.2 Å². The molecule has 27 heavy (non-hydrogen) atoms. The van der Waals surface area contributed by atoms with Gasteiger partial charge in [-0.15, -0.1) is 5.06 Å². The number of carbonyl (C=O) groups is 4. The van der Waals surface area contributed by atoms with Crippen molar-refractivity contribution in [1.82, 2.24) is 5.06 Å². The molecule has 1 aliphatic carbocycles. The molecule has 0 aromatic carbocycles. The van der Waals surface area contributed by atoms with Gasteiger partial charge in [-0.2, -0.15) is 0 Å². The number of amides is 2. The molecule has 7 nitrogen and oxygen atoms in total. The van der Waals surface area contributed by atoms with Crippen molar-refractivity contribution in [3.8, 4) is 0 Å². The monoisotopic (exact) mass is 375 g/mol. The van der Waals surface area contributed by atoms with E-state index in [1.54, 1.807) is 6.92 Å². The van der Waals surface area contributed by atoms with Crippen molar-refractivity contribution >= 4 is 31.5 Å². The molecule has 2 amide bonds. The van der Waals surface area contributed by atoms with E-state index in [-0.39, 0.29) is 18.3 Å². The van der Waals surface area contributed by atoms with Crippen LogP contribution in [0.15, 0.2) is 12.2 Å². The van der Waals surface area contributed by atoms with Crippen LogP contribution in [0, 0.1) is 10.8 Å². The average Bonchev–Trinajstić information content (AvgIpc) is 2.84. The first-order valence-corrected chi connectivity index (χ1v) is 9.23. The molecule has 0 saturated carbocycles. The molecule has 2 atom stereocenters. The van der Waals surface area contributed by atoms with E-state index in [0.717, 1.165) is 0 Å². The second-order valence-corrected chi connectivity index (χ2v) is 8.36. The Morgan fingerprint density at radius 2 is 1.81 bits per heavy atom. The highest BCUT2D eigenvalue weighted by Gasteiger charge is 2.44. The number of hydrogen-bond acceptors (Lipinski definition) is 6. The van der Waals surface area contributed by atoms with Crippen LogP contribution in [-0.4, -0.2) is 42.7 Å². The van der Waals surface area contributed by atoms with E-state index in [0.29, 0.717) is 37.2 Å². The molecule has 1 fully saturated rings. The van der Waals surface area contributed by atoms with Crippen LogP contribution < -0.4 is 0 Å². The second-order valence-electron chi connectivity index (χ2n) is 8.36. The van der Waals surface area contributed by atoms with Crippen molar-refractivity contribution in [1.29, 1.82) is 0 Å². The summed E-state index contributed by atoms with van der Waals surface area (Å²) in [5.41, 5.74) is -1.26. The first-order chi connectivity index (χ1) is 12.5. The van der Waals surface area contributed by atoms with Crippen LogP contribution in [0.25, 0.3) is 0 Å². The van der Waals surface area contributed by atoms with E-state index >= 15 is 0 Å². The van der Waals surface area contributed by atoms with Crippen molar-refractivity contribution in [3.63, 3.8) is 0 Å². The molecule has 0 aromatic rings. The fourth-order valence-corrected chi connectivity index (χ4v) is 3.94. The van der Waals surface area contributed by atoms with Gasteiger partial charge in [-0.25, -0.2) is 4.79 Å². The number of hydroxylamine groups is 2. The first-order valence-electron chi connectivity index (χ1n) is 9.23. The van der Waals surface area contributed by atoms with E-state index in [1.165, 1.54) is 0 Å². The van der Waals surface area contributed by atoms with Gasteiger partial charge in [0.15, 0.2) is 0 Å². The molecule has 2 radical (unpaired) electrons. The predicted octanol–water partition coefficient (Wildman–Crippen LogP) is 2.82. The van der Waals surface area contributed by atoms with Gasteiger partial charge in [0.1, 0.15) is 6.10 Å². The van der Waals surface area contributed by atoms with Crippen LogP contribution in [0.2, 0.25) is 0 Å². The zero-order chi connectivity index (χ0) is 20.2. The number of allylic oxidation sites excluding steroid dienone is 1. The second kappa shape index (κ2) is 8.27. The van der Waals surface area contributed by atoms with Crippen molar-refractivity contribution in [3.05, 3.63) is 12.2 Å². The minimum absolute atomic E-state index is 0.0608. The zero-order valence-corrected chi connectivity index (χ0v) is 16.2. The molecule has 146 valence electrons. The third-order valence-corrected chi connectivity index (χ3v) is 5.01. The SMILES string of the molecule is [B]C(=O)OC1/C=C/CCCC(C)(C(=O)ON2C(=O)CCC2=O)CC(C)(C)C1. The molecule has 2 aliphatic rings. The maximum absolute atomic E-state index is 12.9. The van der Waals surface area contributed by atoms with Crippen molar-refractivity contribution in [2.75, 3.05) is 0 Å². The van der Waals surface area contributed by atoms with Gasteiger partial charge < -0.3 is 9.57 Å². The lowest BCUT2D eigenvalue weighted by Gasteiger charge is -2.38. The number of carbonyl (C=O) groups excluding carboxylic acids is 4. The van der Waals surface area contributed by atoms with Crippen LogP contribution in [0.5, 0.6) is 0 Å². The Bertz CT molecular complexity index is 643. The predicted molar refractivity (Wildman–Crippen MR) is 97.3 cm³/mol. The lowest BCUT2D eigenvalue weighted by atomic mass is 9.69. The van der Waals surface area contributed by atoms with Gasteiger partial charge in [0.2, 0.25) is 13.7 Å². The molecule has 1 aliphatic heterocycles. The van der Waals surface area contributed by atoms with Crippen LogP contribution in [-0.2, 0) is 24.0 Å². The average molecular weight is 375 g/mol. The summed E-state index contributed by atoms with van der Waals surface area (Å²) >= 11 is 0. The van der Waals surface area contributed by atoms with Gasteiger partial charge in [0.25, 0.3) is 11.8 Å². The van der Waals surface area contributed by atoms with Gasteiger partial charge in [-0.1, -0.05) is 19.9 Å². The van der Waals surface area contributed by atoms with Gasteiger partial charge >= 0.3 is 5.97 Å². The summed E-state index contributed by atoms with van der Waals surface area (Å²) < 4.78 is 5.16. The molecule has 1 heterocycles. The van der Waals surface area contributed by atoms with Crippen LogP contribution in [0.3, 0.4) is 0 Å². The quantitative estimate of drug-likeness (QED) is 0.428. The topological polar surface area (TPSA) is 90.0 Å². The maximum atomic E-state index is 12.9. The van der Waals surface area contributed by atoms with Gasteiger partial charge in [0, 0.05) is 12.8 Å². The number of imide groups is 1. The largest absolute Gasteiger partial charge is 0.467 e. The molecule has 0 aromatic heterocycles. The molecule has 0 bridgehead atoms. The normalized spacial score (nSPS) is 29.9. The fraction of sp³-hybridized carbons (Fsp3) is 0.684. The van der Waals surface area contributed by atoms with Gasteiger partial charge in [-0.05, 0) is 50.5 Å². The van der Waals surface area contributed by atoms with Crippen LogP contribution >= 0.6 is 0 Å². The minimum atomic E-state index is -0.880. The Kier molecular flexibility index (Phi) is 6.49. The first kappa shape index (κ1) is 21.2. The molecule has 8 heteroatoms. The fourth-order valence-electron chi connectivity index (χ4n) is 3.94. The summed E-state index contributed by atoms with van der Waals surface area (Å²) in [6.07, 6.45) is 6.28. The van der Waals surface area contributed by atoms with Gasteiger partial charge in [-0.3, -0.25) is 14.4 Å². The third-order valence-electron chi connectivity index (χ3n) is 5.01. The number of hydrogen-bond donors (Lipinski definition) is 0. The number of ether oxygens (including phenoxy) is 1. The van der Waals surface area contributed by atoms with E-state index < -0.39 is 35.2 Å². The Balaban J connectivity index is 2.17. The minimum Gasteiger partial charge on any atom is -0.467 e. The number of nitrogens with zero attached hydrogens (tertiary/aromatic N) is 1. The van der Waals surface area contributed by atoms with Crippen molar-refractivity contribution < 1.29 is 28.8 Å². The summed E-state index contributed by atoms with van der Waals surface area (Å²) in [6.45, 7) is 5.73. The van der Waals surface area contributed by atoms with Crippen molar-refractivity contribution in [2.24, 2.45) is 10.8 Å². The molecular weight excluding hydrogens is 349 g/mol. The lowest BCUT2D eigenvalue weighted by molar-refractivity contribution is -0.206. The Morgan fingerprint density at radius 3 is 2.41 bits per heavy atom. The molecule has 1 saturated heterocycles. The van der Waals surface area contributed by atoms with Gasteiger partial charge in [0.05, 0.1) is 5.41 Å². The Morgan fingerprint density at radius 1 is 1.19 bits per heavy atom. The third kappa shape index (κ3) is 5.68. The Hall–Kier alpha value is -2.12. The molecular formula is C19H26BNO6. The van der Waals surface area contributed by atoms with E-state index in [4.69, 9.17) is 17.4 Å². The smallest absolute Gasteiger partial charge is 0.339 e. The number of rotatable bonds is 3.